The number of carbonyl (C=O) groups excluding carboxylic acids is 1. The molecule has 0 spiro atoms. The van der Waals surface area contributed by atoms with E-state index in [4.69, 9.17) is 0 Å². The minimum Gasteiger partial charge on any atom is -0.391 e. The highest BCUT2D eigenvalue weighted by molar-refractivity contribution is 5.76. The molecule has 3 aromatic heterocycles. The van der Waals surface area contributed by atoms with E-state index in [-0.39, 0.29) is 11.9 Å². The van der Waals surface area contributed by atoms with Gasteiger partial charge in [0.15, 0.2) is 11.3 Å². The van der Waals surface area contributed by atoms with Gasteiger partial charge in [-0.25, -0.2) is 9.78 Å². The Bertz CT molecular complexity index is 996. The average Bonchev–Trinajstić information content (AvgIpc) is 3.43. The van der Waals surface area contributed by atoms with Crippen LogP contribution in [0.3, 0.4) is 0 Å². The van der Waals surface area contributed by atoms with Crippen molar-refractivity contribution in [1.82, 2.24) is 34.4 Å². The minimum atomic E-state index is -0.399. The molecule has 2 aliphatic rings. The lowest BCUT2D eigenvalue weighted by Crippen LogP contribution is -2.41. The highest BCUT2D eigenvalue weighted by Gasteiger charge is 2.40. The molecule has 27 heavy (non-hydrogen) atoms. The Labute approximate surface area is 156 Å². The molecule has 0 unspecified atom stereocenters. The SMILES string of the molecule is CC[C@H]1CN(C(=O)N2CC[C@@H](O)C2)C[C@H]1c1nnc2cnc3[nH]ccc3n12. The molecule has 0 aromatic carbocycles. The van der Waals surface area contributed by atoms with Crippen molar-refractivity contribution in [1.29, 1.82) is 0 Å². The van der Waals surface area contributed by atoms with Crippen LogP contribution in [0, 0.1) is 5.92 Å². The molecular formula is C18H23N7O2. The summed E-state index contributed by atoms with van der Waals surface area (Å²) >= 11 is 0. The molecule has 2 amide bonds. The fraction of sp³-hybridized carbons (Fsp3) is 0.556. The first-order chi connectivity index (χ1) is 13.2. The second-order valence-electron chi connectivity index (χ2n) is 7.57. The van der Waals surface area contributed by atoms with E-state index in [1.807, 2.05) is 17.2 Å². The molecule has 0 aliphatic carbocycles. The number of fused-ring (bicyclic) bond motifs is 3. The van der Waals surface area contributed by atoms with Crippen molar-refractivity contribution in [2.75, 3.05) is 26.2 Å². The Morgan fingerprint density at radius 1 is 1.30 bits per heavy atom. The molecule has 2 fully saturated rings. The third kappa shape index (κ3) is 2.56. The maximum Gasteiger partial charge on any atom is 0.320 e. The van der Waals surface area contributed by atoms with E-state index in [9.17, 15) is 9.90 Å². The normalized spacial score (nSPS) is 25.9. The van der Waals surface area contributed by atoms with E-state index in [0.29, 0.717) is 38.5 Å². The van der Waals surface area contributed by atoms with Crippen LogP contribution in [-0.2, 0) is 0 Å². The van der Waals surface area contributed by atoms with Crippen LogP contribution in [0.4, 0.5) is 4.79 Å². The van der Waals surface area contributed by atoms with E-state index in [1.54, 1.807) is 11.1 Å². The van der Waals surface area contributed by atoms with Gasteiger partial charge in [-0.3, -0.25) is 4.40 Å². The Morgan fingerprint density at radius 2 is 2.19 bits per heavy atom. The number of rotatable bonds is 2. The lowest BCUT2D eigenvalue weighted by Gasteiger charge is -2.24. The van der Waals surface area contributed by atoms with Gasteiger partial charge in [0.1, 0.15) is 5.82 Å². The Balaban J connectivity index is 1.48. The lowest BCUT2D eigenvalue weighted by atomic mass is 9.93. The largest absolute Gasteiger partial charge is 0.391 e. The van der Waals surface area contributed by atoms with Crippen molar-refractivity contribution in [3.63, 3.8) is 0 Å². The van der Waals surface area contributed by atoms with Crippen molar-refractivity contribution in [2.24, 2.45) is 5.92 Å². The second kappa shape index (κ2) is 6.19. The quantitative estimate of drug-likeness (QED) is 0.707. The van der Waals surface area contributed by atoms with Gasteiger partial charge in [-0.2, -0.15) is 0 Å². The fourth-order valence-corrected chi connectivity index (χ4v) is 4.49. The van der Waals surface area contributed by atoms with E-state index in [1.165, 1.54) is 0 Å². The number of amides is 2. The van der Waals surface area contributed by atoms with Crippen LogP contribution in [-0.4, -0.2) is 77.8 Å². The topological polar surface area (TPSA) is 103 Å². The van der Waals surface area contributed by atoms with Gasteiger partial charge in [-0.15, -0.1) is 10.2 Å². The lowest BCUT2D eigenvalue weighted by molar-refractivity contribution is 0.152. The van der Waals surface area contributed by atoms with Crippen LogP contribution in [0.5, 0.6) is 0 Å². The molecule has 2 saturated heterocycles. The Kier molecular flexibility index (Phi) is 3.78. The van der Waals surface area contributed by atoms with Crippen molar-refractivity contribution in [3.8, 4) is 0 Å². The zero-order valence-electron chi connectivity index (χ0n) is 15.2. The van der Waals surface area contributed by atoms with Crippen LogP contribution < -0.4 is 0 Å². The molecule has 3 atom stereocenters. The first kappa shape index (κ1) is 16.5. The smallest absolute Gasteiger partial charge is 0.320 e. The molecule has 9 nitrogen and oxygen atoms in total. The van der Waals surface area contributed by atoms with Crippen LogP contribution in [0.15, 0.2) is 18.5 Å². The fourth-order valence-electron chi connectivity index (χ4n) is 4.49. The van der Waals surface area contributed by atoms with Crippen molar-refractivity contribution in [3.05, 3.63) is 24.3 Å². The number of likely N-dealkylation sites (tertiary alicyclic amines) is 2. The number of nitrogens with one attached hydrogen (secondary N) is 1. The highest BCUT2D eigenvalue weighted by Crippen LogP contribution is 2.35. The molecule has 0 radical (unpaired) electrons. The molecule has 0 bridgehead atoms. The summed E-state index contributed by atoms with van der Waals surface area (Å²) in [6.45, 7) is 4.55. The molecule has 0 saturated carbocycles. The summed E-state index contributed by atoms with van der Waals surface area (Å²) in [4.78, 5) is 24.1. The summed E-state index contributed by atoms with van der Waals surface area (Å²) in [7, 11) is 0. The monoisotopic (exact) mass is 369 g/mol. The standard InChI is InChI=1S/C18H23N7O2/c1-2-11-8-24(18(27)23-6-4-12(26)9-23)10-13(11)17-22-21-15-7-20-16-14(25(15)17)3-5-19-16/h3,5,7,11-13,19,26H,2,4,6,8-10H2,1H3/t11-,12+,13+/m0/s1. The number of aliphatic hydroxyl groups is 1. The number of H-pyrrole nitrogens is 1. The van der Waals surface area contributed by atoms with Crippen molar-refractivity contribution < 1.29 is 9.90 Å². The molecule has 3 aromatic rings. The number of aromatic amines is 1. The summed E-state index contributed by atoms with van der Waals surface area (Å²) < 4.78 is 2.06. The maximum atomic E-state index is 12.9. The molecule has 2 N–H and O–H groups in total. The number of nitrogens with zero attached hydrogens (tertiary/aromatic N) is 6. The number of urea groups is 1. The van der Waals surface area contributed by atoms with E-state index in [0.717, 1.165) is 29.1 Å². The summed E-state index contributed by atoms with van der Waals surface area (Å²) in [5, 5.41) is 18.5. The van der Waals surface area contributed by atoms with E-state index < -0.39 is 6.10 Å². The van der Waals surface area contributed by atoms with Crippen LogP contribution in [0.25, 0.3) is 16.8 Å². The number of hydrogen-bond acceptors (Lipinski definition) is 5. The van der Waals surface area contributed by atoms with Crippen LogP contribution in [0.1, 0.15) is 31.5 Å². The van der Waals surface area contributed by atoms with Crippen LogP contribution >= 0.6 is 0 Å². The highest BCUT2D eigenvalue weighted by atomic mass is 16.3. The molecule has 142 valence electrons. The summed E-state index contributed by atoms with van der Waals surface area (Å²) in [6.07, 6.45) is 4.81. The van der Waals surface area contributed by atoms with Gasteiger partial charge in [-0.05, 0) is 18.4 Å². The molecular weight excluding hydrogens is 346 g/mol. The third-order valence-electron chi connectivity index (χ3n) is 5.97. The molecule has 5 heterocycles. The van der Waals surface area contributed by atoms with Gasteiger partial charge < -0.3 is 19.9 Å². The molecule has 5 rings (SSSR count). The minimum absolute atomic E-state index is 0.0229. The number of hydrogen-bond donors (Lipinski definition) is 2. The summed E-state index contributed by atoms with van der Waals surface area (Å²) in [5.74, 6) is 1.35. The Hall–Kier alpha value is -2.68. The first-order valence-corrected chi connectivity index (χ1v) is 9.54. The van der Waals surface area contributed by atoms with E-state index >= 15 is 0 Å². The van der Waals surface area contributed by atoms with Crippen molar-refractivity contribution >= 4 is 22.8 Å². The first-order valence-electron chi connectivity index (χ1n) is 9.54. The van der Waals surface area contributed by atoms with E-state index in [2.05, 4.69) is 31.5 Å². The van der Waals surface area contributed by atoms with Gasteiger partial charge in [0.05, 0.1) is 17.8 Å². The van der Waals surface area contributed by atoms with Gasteiger partial charge in [0, 0.05) is 38.3 Å². The summed E-state index contributed by atoms with van der Waals surface area (Å²) in [5.41, 5.74) is 2.47. The zero-order valence-corrected chi connectivity index (χ0v) is 15.2. The number of aliphatic hydroxyl groups excluding tert-OH is 1. The molecule has 2 aliphatic heterocycles. The average molecular weight is 369 g/mol. The van der Waals surface area contributed by atoms with Gasteiger partial charge in [0.25, 0.3) is 0 Å². The van der Waals surface area contributed by atoms with Crippen molar-refractivity contribution in [2.45, 2.75) is 31.8 Å². The van der Waals surface area contributed by atoms with Gasteiger partial charge in [0.2, 0.25) is 0 Å². The summed E-state index contributed by atoms with van der Waals surface area (Å²) in [6, 6.07) is 2.00. The van der Waals surface area contributed by atoms with Gasteiger partial charge >= 0.3 is 6.03 Å². The van der Waals surface area contributed by atoms with Crippen LogP contribution in [0.2, 0.25) is 0 Å². The zero-order chi connectivity index (χ0) is 18.5. The Morgan fingerprint density at radius 3 is 2.96 bits per heavy atom. The molecule has 9 heteroatoms. The predicted octanol–water partition coefficient (Wildman–Crippen LogP) is 1.22. The second-order valence-corrected chi connectivity index (χ2v) is 7.57. The number of β-amino-alcohol motifs (C(OH)–C–C–N with tert-alkyl or cyclic N) is 1. The number of aromatic nitrogens is 5. The maximum absolute atomic E-state index is 12.9. The predicted molar refractivity (Wildman–Crippen MR) is 98.3 cm³/mol. The third-order valence-corrected chi connectivity index (χ3v) is 5.97. The van der Waals surface area contributed by atoms with Gasteiger partial charge in [-0.1, -0.05) is 13.3 Å². The number of carbonyl (C=O) groups is 1.